The SMILES string of the molecule is Cc1ccc(-n2c(=O)cc(F)n3ccnc23)cc1C. The Bertz CT molecular complexity index is 832. The largest absolute Gasteiger partial charge is 0.269 e. The molecule has 0 spiro atoms. The van der Waals surface area contributed by atoms with Crippen LogP contribution in [0.4, 0.5) is 4.39 Å². The van der Waals surface area contributed by atoms with Crippen LogP contribution in [0.5, 0.6) is 0 Å². The molecule has 5 heteroatoms. The summed E-state index contributed by atoms with van der Waals surface area (Å²) in [5.41, 5.74) is 2.46. The molecule has 0 radical (unpaired) electrons. The van der Waals surface area contributed by atoms with Crippen molar-refractivity contribution in [2.45, 2.75) is 13.8 Å². The second-order valence-electron chi connectivity index (χ2n) is 4.51. The van der Waals surface area contributed by atoms with Crippen LogP contribution in [0, 0.1) is 19.8 Å². The van der Waals surface area contributed by atoms with Gasteiger partial charge in [-0.05, 0) is 37.1 Å². The Labute approximate surface area is 108 Å². The molecule has 4 nitrogen and oxygen atoms in total. The van der Waals surface area contributed by atoms with Crippen LogP contribution in [0.2, 0.25) is 0 Å². The Kier molecular flexibility index (Phi) is 2.48. The number of aryl methyl sites for hydroxylation is 2. The minimum atomic E-state index is -0.613. The molecule has 2 aromatic heterocycles. The molecular formula is C14H12FN3O. The number of nitrogens with zero attached hydrogens (tertiary/aromatic N) is 3. The smallest absolute Gasteiger partial charge is 0.262 e. The summed E-state index contributed by atoms with van der Waals surface area (Å²) >= 11 is 0. The number of hydrogen-bond acceptors (Lipinski definition) is 2. The lowest BCUT2D eigenvalue weighted by Gasteiger charge is -2.10. The summed E-state index contributed by atoms with van der Waals surface area (Å²) in [5, 5.41) is 0. The highest BCUT2D eigenvalue weighted by Gasteiger charge is 2.11. The summed E-state index contributed by atoms with van der Waals surface area (Å²) in [4.78, 5) is 16.1. The van der Waals surface area contributed by atoms with Crippen molar-refractivity contribution in [3.05, 3.63) is 64.1 Å². The Hall–Kier alpha value is -2.43. The van der Waals surface area contributed by atoms with Gasteiger partial charge in [-0.1, -0.05) is 6.07 Å². The summed E-state index contributed by atoms with van der Waals surface area (Å²) in [6, 6.07) is 6.61. The van der Waals surface area contributed by atoms with Gasteiger partial charge >= 0.3 is 0 Å². The molecule has 0 unspecified atom stereocenters. The number of benzene rings is 1. The highest BCUT2D eigenvalue weighted by Crippen LogP contribution is 2.15. The van der Waals surface area contributed by atoms with E-state index in [1.54, 1.807) is 0 Å². The summed E-state index contributed by atoms with van der Waals surface area (Å²) < 4.78 is 16.3. The van der Waals surface area contributed by atoms with Gasteiger partial charge in [0.1, 0.15) is 0 Å². The zero-order chi connectivity index (χ0) is 13.6. The van der Waals surface area contributed by atoms with Crippen LogP contribution in [0.1, 0.15) is 11.1 Å². The lowest BCUT2D eigenvalue weighted by molar-refractivity contribution is 0.558. The monoisotopic (exact) mass is 257 g/mol. The van der Waals surface area contributed by atoms with E-state index in [9.17, 15) is 9.18 Å². The van der Waals surface area contributed by atoms with Gasteiger partial charge in [0.15, 0.2) is 0 Å². The predicted molar refractivity (Wildman–Crippen MR) is 70.2 cm³/mol. The maximum atomic E-state index is 13.6. The lowest BCUT2D eigenvalue weighted by atomic mass is 10.1. The molecule has 0 N–H and O–H groups in total. The van der Waals surface area contributed by atoms with Crippen LogP contribution < -0.4 is 5.56 Å². The van der Waals surface area contributed by atoms with Gasteiger partial charge in [-0.2, -0.15) is 4.39 Å². The van der Waals surface area contributed by atoms with Gasteiger partial charge in [-0.15, -0.1) is 0 Å². The Balaban J connectivity index is 2.39. The van der Waals surface area contributed by atoms with E-state index in [0.29, 0.717) is 5.69 Å². The van der Waals surface area contributed by atoms with Gasteiger partial charge in [0, 0.05) is 12.4 Å². The Morgan fingerprint density at radius 1 is 1.16 bits per heavy atom. The topological polar surface area (TPSA) is 39.3 Å². The summed E-state index contributed by atoms with van der Waals surface area (Å²) in [7, 11) is 0. The zero-order valence-electron chi connectivity index (χ0n) is 10.6. The molecule has 0 atom stereocenters. The highest BCUT2D eigenvalue weighted by atomic mass is 19.1. The van der Waals surface area contributed by atoms with Gasteiger partial charge in [-0.3, -0.25) is 9.20 Å². The van der Waals surface area contributed by atoms with Crippen molar-refractivity contribution >= 4 is 5.78 Å². The highest BCUT2D eigenvalue weighted by molar-refractivity contribution is 5.46. The fourth-order valence-electron chi connectivity index (χ4n) is 2.07. The quantitative estimate of drug-likeness (QED) is 0.627. The van der Waals surface area contributed by atoms with Crippen LogP contribution in [0.15, 0.2) is 41.5 Å². The van der Waals surface area contributed by atoms with E-state index in [4.69, 9.17) is 0 Å². The summed E-state index contributed by atoms with van der Waals surface area (Å²) in [5.74, 6) is -0.342. The zero-order valence-corrected chi connectivity index (χ0v) is 10.6. The molecule has 0 bridgehead atoms. The van der Waals surface area contributed by atoms with Gasteiger partial charge in [0.2, 0.25) is 11.7 Å². The van der Waals surface area contributed by atoms with E-state index in [2.05, 4.69) is 4.98 Å². The Morgan fingerprint density at radius 2 is 1.95 bits per heavy atom. The third-order valence-electron chi connectivity index (χ3n) is 3.26. The first-order chi connectivity index (χ1) is 9.08. The van der Waals surface area contributed by atoms with Crippen LogP contribution >= 0.6 is 0 Å². The molecule has 2 heterocycles. The molecular weight excluding hydrogens is 245 g/mol. The number of hydrogen-bond donors (Lipinski definition) is 0. The van der Waals surface area contributed by atoms with E-state index in [1.807, 2.05) is 32.0 Å². The van der Waals surface area contributed by atoms with Gasteiger partial charge in [-0.25, -0.2) is 9.55 Å². The van der Waals surface area contributed by atoms with Crippen LogP contribution in [-0.2, 0) is 0 Å². The Morgan fingerprint density at radius 3 is 2.68 bits per heavy atom. The normalized spacial score (nSPS) is 11.1. The van der Waals surface area contributed by atoms with Crippen molar-refractivity contribution in [2.24, 2.45) is 0 Å². The standard InChI is InChI=1S/C14H12FN3O/c1-9-3-4-11(7-10(9)2)18-13(19)8-12(15)17-6-5-16-14(17)18/h3-8H,1-2H3. The average Bonchev–Trinajstić information content (AvgIpc) is 2.83. The van der Waals surface area contributed by atoms with Crippen LogP contribution in [-0.4, -0.2) is 14.0 Å². The van der Waals surface area contributed by atoms with Gasteiger partial charge in [0.05, 0.1) is 11.8 Å². The molecule has 0 aliphatic carbocycles. The van der Waals surface area contributed by atoms with Crippen molar-refractivity contribution in [2.75, 3.05) is 0 Å². The molecule has 0 saturated heterocycles. The van der Waals surface area contributed by atoms with Crippen LogP contribution in [0.25, 0.3) is 11.5 Å². The molecule has 0 fully saturated rings. The lowest BCUT2D eigenvalue weighted by Crippen LogP contribution is -2.21. The molecule has 96 valence electrons. The van der Waals surface area contributed by atoms with Gasteiger partial charge < -0.3 is 0 Å². The fraction of sp³-hybridized carbons (Fsp3) is 0.143. The van der Waals surface area contributed by atoms with Crippen molar-refractivity contribution in [1.82, 2.24) is 14.0 Å². The third kappa shape index (κ3) is 1.74. The number of aromatic nitrogens is 3. The second-order valence-corrected chi connectivity index (χ2v) is 4.51. The maximum absolute atomic E-state index is 13.6. The van der Waals surface area contributed by atoms with E-state index < -0.39 is 11.5 Å². The number of halogens is 1. The van der Waals surface area contributed by atoms with Crippen LogP contribution in [0.3, 0.4) is 0 Å². The number of rotatable bonds is 1. The van der Waals surface area contributed by atoms with Crippen molar-refractivity contribution in [1.29, 1.82) is 0 Å². The predicted octanol–water partition coefficient (Wildman–Crippen LogP) is 2.24. The summed E-state index contributed by atoms with van der Waals surface area (Å²) in [6.07, 6.45) is 2.96. The van der Waals surface area contributed by atoms with Gasteiger partial charge in [0.25, 0.3) is 5.56 Å². The number of imidazole rings is 1. The molecule has 0 aliphatic rings. The second kappa shape index (κ2) is 4.05. The number of fused-ring (bicyclic) bond motifs is 1. The van der Waals surface area contributed by atoms with E-state index in [0.717, 1.165) is 17.2 Å². The molecule has 3 rings (SSSR count). The van der Waals surface area contributed by atoms with Crippen molar-refractivity contribution < 1.29 is 4.39 Å². The molecule has 0 aliphatic heterocycles. The minimum Gasteiger partial charge on any atom is -0.269 e. The molecule has 1 aromatic carbocycles. The maximum Gasteiger partial charge on any atom is 0.262 e. The molecule has 3 aromatic rings. The molecule has 0 amide bonds. The first-order valence-corrected chi connectivity index (χ1v) is 5.90. The first-order valence-electron chi connectivity index (χ1n) is 5.90. The average molecular weight is 257 g/mol. The van der Waals surface area contributed by atoms with Crippen molar-refractivity contribution in [3.8, 4) is 5.69 Å². The van der Waals surface area contributed by atoms with Crippen molar-refractivity contribution in [3.63, 3.8) is 0 Å². The molecule has 19 heavy (non-hydrogen) atoms. The first kappa shape index (κ1) is 11.6. The fourth-order valence-corrected chi connectivity index (χ4v) is 2.07. The van der Waals surface area contributed by atoms with E-state index in [1.165, 1.54) is 21.4 Å². The van der Waals surface area contributed by atoms with E-state index >= 15 is 0 Å². The molecule has 0 saturated carbocycles. The third-order valence-corrected chi connectivity index (χ3v) is 3.26. The van der Waals surface area contributed by atoms with E-state index in [-0.39, 0.29) is 5.78 Å². The summed E-state index contributed by atoms with van der Waals surface area (Å²) in [6.45, 7) is 3.97. The minimum absolute atomic E-state index is 0.272.